The van der Waals surface area contributed by atoms with Gasteiger partial charge in [0.2, 0.25) is 0 Å². The zero-order valence-corrected chi connectivity index (χ0v) is 17.4. The van der Waals surface area contributed by atoms with Crippen LogP contribution in [0.4, 0.5) is 4.79 Å². The second-order valence-corrected chi connectivity index (χ2v) is 8.97. The number of carbonyl (C=O) groups is 2. The summed E-state index contributed by atoms with van der Waals surface area (Å²) in [6.07, 6.45) is 7.38. The summed E-state index contributed by atoms with van der Waals surface area (Å²) >= 11 is 0. The Morgan fingerprint density at radius 1 is 1.30 bits per heavy atom. The van der Waals surface area contributed by atoms with Crippen LogP contribution in [0, 0.1) is 5.92 Å². The van der Waals surface area contributed by atoms with Gasteiger partial charge in [0.1, 0.15) is 11.8 Å². The fourth-order valence-corrected chi connectivity index (χ4v) is 4.20. The summed E-state index contributed by atoms with van der Waals surface area (Å²) in [6.45, 7) is 6.26. The molecule has 1 aliphatic rings. The van der Waals surface area contributed by atoms with Crippen LogP contribution < -0.4 is 5.32 Å². The van der Waals surface area contributed by atoms with Crippen LogP contribution in [-0.2, 0) is 0 Å². The molecule has 3 heterocycles. The molecule has 0 spiro atoms. The van der Waals surface area contributed by atoms with E-state index in [1.165, 1.54) is 4.90 Å². The maximum absolute atomic E-state index is 12.9. The number of rotatable bonds is 4. The molecule has 0 unspecified atom stereocenters. The third-order valence-corrected chi connectivity index (χ3v) is 5.86. The molecule has 3 N–H and O–H groups in total. The van der Waals surface area contributed by atoms with Gasteiger partial charge in [-0.2, -0.15) is 0 Å². The first-order valence-corrected chi connectivity index (χ1v) is 10.2. The summed E-state index contributed by atoms with van der Waals surface area (Å²) in [5.74, 6) is 0.150. The minimum absolute atomic E-state index is 0.0692. The SMILES string of the molecule is CC(C)(C)N(CC1CCC(NC(=O)c2c[nH]c3ncc4nncn4c23)CC1)C(=O)O. The molecular weight excluding hydrogens is 386 g/mol. The highest BCUT2D eigenvalue weighted by molar-refractivity contribution is 6.05. The largest absolute Gasteiger partial charge is 0.465 e. The number of aromatic amines is 1. The third-order valence-electron chi connectivity index (χ3n) is 5.86. The van der Waals surface area contributed by atoms with E-state index in [4.69, 9.17) is 0 Å². The fraction of sp³-hybridized carbons (Fsp3) is 0.550. The normalized spacial score (nSPS) is 19.8. The molecule has 0 atom stereocenters. The minimum atomic E-state index is -0.883. The van der Waals surface area contributed by atoms with Gasteiger partial charge in [0.05, 0.1) is 11.8 Å². The lowest BCUT2D eigenvalue weighted by Gasteiger charge is -2.38. The average Bonchev–Trinajstić information content (AvgIpc) is 3.32. The molecule has 1 aliphatic carbocycles. The van der Waals surface area contributed by atoms with E-state index in [2.05, 4.69) is 25.5 Å². The van der Waals surface area contributed by atoms with Crippen molar-refractivity contribution < 1.29 is 14.7 Å². The first-order chi connectivity index (χ1) is 14.2. The highest BCUT2D eigenvalue weighted by Gasteiger charge is 2.31. The van der Waals surface area contributed by atoms with Gasteiger partial charge in [0.15, 0.2) is 11.3 Å². The Morgan fingerprint density at radius 3 is 2.70 bits per heavy atom. The summed E-state index contributed by atoms with van der Waals surface area (Å²) in [4.78, 5) is 33.4. The molecular formula is C20H27N7O3. The molecule has 3 aromatic rings. The van der Waals surface area contributed by atoms with Crippen molar-refractivity contribution in [2.75, 3.05) is 6.54 Å². The van der Waals surface area contributed by atoms with Crippen LogP contribution in [0.3, 0.4) is 0 Å². The highest BCUT2D eigenvalue weighted by Crippen LogP contribution is 2.28. The summed E-state index contributed by atoms with van der Waals surface area (Å²) in [6, 6.07) is 0.0692. The molecule has 0 aliphatic heterocycles. The molecule has 0 aromatic carbocycles. The summed E-state index contributed by atoms with van der Waals surface area (Å²) in [7, 11) is 0. The number of nitrogens with zero attached hydrogens (tertiary/aromatic N) is 5. The van der Waals surface area contributed by atoms with Crippen molar-refractivity contribution in [2.45, 2.75) is 58.0 Å². The van der Waals surface area contributed by atoms with Crippen LogP contribution in [0.15, 0.2) is 18.7 Å². The second kappa shape index (κ2) is 7.58. The molecule has 10 nitrogen and oxygen atoms in total. The Labute approximate surface area is 173 Å². The van der Waals surface area contributed by atoms with Crippen molar-refractivity contribution in [3.8, 4) is 0 Å². The van der Waals surface area contributed by atoms with Gasteiger partial charge in [0, 0.05) is 24.3 Å². The first-order valence-electron chi connectivity index (χ1n) is 10.2. The Kier molecular flexibility index (Phi) is 5.08. The molecule has 30 heavy (non-hydrogen) atoms. The number of hydrogen-bond donors (Lipinski definition) is 3. The van der Waals surface area contributed by atoms with Crippen LogP contribution in [0.1, 0.15) is 56.8 Å². The number of fused-ring (bicyclic) bond motifs is 3. The molecule has 3 aromatic heterocycles. The van der Waals surface area contributed by atoms with Crippen LogP contribution in [0.5, 0.6) is 0 Å². The lowest BCUT2D eigenvalue weighted by atomic mass is 9.85. The van der Waals surface area contributed by atoms with Crippen molar-refractivity contribution in [1.82, 2.24) is 34.8 Å². The van der Waals surface area contributed by atoms with E-state index in [1.807, 2.05) is 20.8 Å². The van der Waals surface area contributed by atoms with Gasteiger partial charge in [-0.15, -0.1) is 10.2 Å². The highest BCUT2D eigenvalue weighted by atomic mass is 16.4. The van der Waals surface area contributed by atoms with Crippen molar-refractivity contribution in [1.29, 1.82) is 0 Å². The maximum atomic E-state index is 12.9. The lowest BCUT2D eigenvalue weighted by molar-refractivity contribution is 0.0797. The summed E-state index contributed by atoms with van der Waals surface area (Å²) in [5.41, 5.74) is 1.93. The minimum Gasteiger partial charge on any atom is -0.465 e. The summed E-state index contributed by atoms with van der Waals surface area (Å²) < 4.78 is 1.75. The van der Waals surface area contributed by atoms with E-state index in [9.17, 15) is 14.7 Å². The van der Waals surface area contributed by atoms with Gasteiger partial charge in [-0.3, -0.25) is 9.20 Å². The predicted molar refractivity (Wildman–Crippen MR) is 110 cm³/mol. The van der Waals surface area contributed by atoms with Crippen LogP contribution in [0.2, 0.25) is 0 Å². The molecule has 4 rings (SSSR count). The predicted octanol–water partition coefficient (Wildman–Crippen LogP) is 2.67. The number of amides is 2. The number of carboxylic acid groups (broad SMARTS) is 1. The number of H-pyrrole nitrogens is 1. The number of aromatic nitrogens is 5. The second-order valence-electron chi connectivity index (χ2n) is 8.97. The van der Waals surface area contributed by atoms with E-state index < -0.39 is 11.6 Å². The van der Waals surface area contributed by atoms with E-state index in [-0.39, 0.29) is 11.9 Å². The van der Waals surface area contributed by atoms with Crippen molar-refractivity contribution in [3.63, 3.8) is 0 Å². The van der Waals surface area contributed by atoms with Crippen molar-refractivity contribution in [2.24, 2.45) is 5.92 Å². The zero-order chi connectivity index (χ0) is 21.5. The van der Waals surface area contributed by atoms with Crippen LogP contribution >= 0.6 is 0 Å². The molecule has 10 heteroatoms. The topological polar surface area (TPSA) is 129 Å². The lowest BCUT2D eigenvalue weighted by Crippen LogP contribution is -2.48. The van der Waals surface area contributed by atoms with Gasteiger partial charge >= 0.3 is 6.09 Å². The molecule has 0 radical (unpaired) electrons. The number of nitrogens with one attached hydrogen (secondary N) is 2. The summed E-state index contributed by atoms with van der Waals surface area (Å²) in [5, 5.41) is 20.5. The standard InChI is InChI=1S/C20H27N7O3/c1-20(2,3)27(19(29)30)10-12-4-6-13(7-5-12)24-18(28)14-8-21-17-16(14)26-11-23-25-15(26)9-22-17/h8-9,11-13,21H,4-7,10H2,1-3H3,(H,24,28)(H,29,30). The number of hydrogen-bond acceptors (Lipinski definition) is 5. The monoisotopic (exact) mass is 413 g/mol. The third kappa shape index (κ3) is 3.81. The van der Waals surface area contributed by atoms with Gasteiger partial charge in [-0.05, 0) is 52.4 Å². The maximum Gasteiger partial charge on any atom is 0.407 e. The Morgan fingerprint density at radius 2 is 2.03 bits per heavy atom. The molecule has 0 saturated heterocycles. The molecule has 160 valence electrons. The average molecular weight is 413 g/mol. The van der Waals surface area contributed by atoms with Crippen LogP contribution in [-0.4, -0.2) is 64.7 Å². The van der Waals surface area contributed by atoms with E-state index in [0.29, 0.717) is 34.8 Å². The van der Waals surface area contributed by atoms with E-state index >= 15 is 0 Å². The molecule has 1 fully saturated rings. The van der Waals surface area contributed by atoms with Gasteiger partial charge < -0.3 is 20.3 Å². The van der Waals surface area contributed by atoms with Crippen LogP contribution in [0.25, 0.3) is 16.8 Å². The van der Waals surface area contributed by atoms with E-state index in [0.717, 1.165) is 25.7 Å². The molecule has 0 bridgehead atoms. The van der Waals surface area contributed by atoms with Gasteiger partial charge in [-0.1, -0.05) is 0 Å². The van der Waals surface area contributed by atoms with Crippen molar-refractivity contribution in [3.05, 3.63) is 24.3 Å². The van der Waals surface area contributed by atoms with Crippen molar-refractivity contribution >= 4 is 28.8 Å². The first kappa shape index (κ1) is 20.1. The number of carbonyl (C=O) groups excluding carboxylic acids is 1. The Balaban J connectivity index is 1.40. The smallest absolute Gasteiger partial charge is 0.407 e. The quantitative estimate of drug-likeness (QED) is 0.603. The van der Waals surface area contributed by atoms with Gasteiger partial charge in [-0.25, -0.2) is 9.78 Å². The molecule has 2 amide bonds. The van der Waals surface area contributed by atoms with E-state index in [1.54, 1.807) is 23.1 Å². The fourth-order valence-electron chi connectivity index (χ4n) is 4.20. The Hall–Kier alpha value is -3.17. The zero-order valence-electron chi connectivity index (χ0n) is 17.4. The van der Waals surface area contributed by atoms with Gasteiger partial charge in [0.25, 0.3) is 5.91 Å². The molecule has 1 saturated carbocycles. The Bertz CT molecular complexity index is 1070.